The summed E-state index contributed by atoms with van der Waals surface area (Å²) in [7, 11) is 0. The number of aryl methyl sites for hydroxylation is 1. The van der Waals surface area contributed by atoms with Gasteiger partial charge < -0.3 is 5.32 Å². The number of rotatable bonds is 3. The molecule has 0 fully saturated rings. The normalized spacial score (nSPS) is 12.3. The number of nitrogens with zero attached hydrogens (tertiary/aromatic N) is 4. The van der Waals surface area contributed by atoms with Crippen molar-refractivity contribution in [3.05, 3.63) is 57.7 Å². The summed E-state index contributed by atoms with van der Waals surface area (Å²) >= 11 is 5.80. The van der Waals surface area contributed by atoms with Crippen LogP contribution in [0.4, 0.5) is 10.1 Å². The molecule has 1 N–H and O–H groups in total. The first kappa shape index (κ1) is 16.1. The van der Waals surface area contributed by atoms with E-state index < -0.39 is 23.3 Å². The molecule has 1 amide bonds. The molecule has 0 spiro atoms. The van der Waals surface area contributed by atoms with E-state index in [0.717, 1.165) is 10.7 Å². The molecule has 124 valence electrons. The maximum absolute atomic E-state index is 13.7. The molecule has 0 aliphatic rings. The van der Waals surface area contributed by atoms with Crippen LogP contribution in [0.3, 0.4) is 0 Å². The molecule has 0 aliphatic carbocycles. The summed E-state index contributed by atoms with van der Waals surface area (Å²) in [4.78, 5) is 28.7. The van der Waals surface area contributed by atoms with E-state index in [9.17, 15) is 14.0 Å². The van der Waals surface area contributed by atoms with Crippen molar-refractivity contribution in [2.24, 2.45) is 0 Å². The zero-order valence-electron chi connectivity index (χ0n) is 12.8. The second kappa shape index (κ2) is 6.04. The standard InChI is InChI=1S/C15H13ClFN5O2/c1-8(14(23)19-12-5-10(16)3-4-11(12)17)22-15(24)13-6-18-7-21(13)9(2)20-22/h3-8H,1-2H3,(H,19,23). The van der Waals surface area contributed by atoms with Crippen LogP contribution in [0.5, 0.6) is 0 Å². The van der Waals surface area contributed by atoms with Crippen LogP contribution in [0.25, 0.3) is 5.52 Å². The minimum Gasteiger partial charge on any atom is -0.322 e. The Bertz CT molecular complexity index is 997. The fourth-order valence-corrected chi connectivity index (χ4v) is 2.45. The minimum atomic E-state index is -0.950. The zero-order valence-corrected chi connectivity index (χ0v) is 13.6. The molecular weight excluding hydrogens is 337 g/mol. The quantitative estimate of drug-likeness (QED) is 0.786. The number of halogens is 2. The lowest BCUT2D eigenvalue weighted by atomic mass is 10.2. The molecule has 0 saturated heterocycles. The molecule has 1 aromatic carbocycles. The Hall–Kier alpha value is -2.74. The molecule has 0 radical (unpaired) electrons. The predicted molar refractivity (Wildman–Crippen MR) is 86.7 cm³/mol. The van der Waals surface area contributed by atoms with E-state index in [0.29, 0.717) is 11.3 Å². The number of anilines is 1. The van der Waals surface area contributed by atoms with E-state index in [1.807, 2.05) is 0 Å². The van der Waals surface area contributed by atoms with Crippen molar-refractivity contribution in [2.75, 3.05) is 5.32 Å². The molecule has 1 atom stereocenters. The summed E-state index contributed by atoms with van der Waals surface area (Å²) < 4.78 is 16.3. The molecule has 9 heteroatoms. The Morgan fingerprint density at radius 3 is 2.92 bits per heavy atom. The summed E-state index contributed by atoms with van der Waals surface area (Å²) in [5.41, 5.74) is -0.224. The summed E-state index contributed by atoms with van der Waals surface area (Å²) in [5, 5.41) is 6.82. The molecule has 2 aromatic heterocycles. The highest BCUT2D eigenvalue weighted by Crippen LogP contribution is 2.20. The van der Waals surface area contributed by atoms with Gasteiger partial charge in [0.05, 0.1) is 11.9 Å². The van der Waals surface area contributed by atoms with E-state index in [4.69, 9.17) is 11.6 Å². The number of amides is 1. The Morgan fingerprint density at radius 1 is 1.42 bits per heavy atom. The molecule has 1 unspecified atom stereocenters. The second-order valence-corrected chi connectivity index (χ2v) is 5.67. The highest BCUT2D eigenvalue weighted by molar-refractivity contribution is 6.30. The van der Waals surface area contributed by atoms with Crippen LogP contribution < -0.4 is 10.9 Å². The zero-order chi connectivity index (χ0) is 17.4. The van der Waals surface area contributed by atoms with Crippen molar-refractivity contribution < 1.29 is 9.18 Å². The number of carbonyl (C=O) groups is 1. The third-order valence-corrected chi connectivity index (χ3v) is 3.83. The van der Waals surface area contributed by atoms with Crippen LogP contribution in [0, 0.1) is 12.7 Å². The van der Waals surface area contributed by atoms with Gasteiger partial charge in [0.2, 0.25) is 5.91 Å². The van der Waals surface area contributed by atoms with Crippen LogP contribution in [0.15, 0.2) is 35.5 Å². The number of hydrogen-bond donors (Lipinski definition) is 1. The molecule has 3 rings (SSSR count). The van der Waals surface area contributed by atoms with Crippen LogP contribution in [0.2, 0.25) is 5.02 Å². The Kier molecular flexibility index (Phi) is 4.06. The maximum atomic E-state index is 13.7. The number of hydrogen-bond acceptors (Lipinski definition) is 4. The highest BCUT2D eigenvalue weighted by Gasteiger charge is 2.21. The Morgan fingerprint density at radius 2 is 2.17 bits per heavy atom. The minimum absolute atomic E-state index is 0.0606. The number of aromatic nitrogens is 4. The number of imidazole rings is 1. The summed E-state index contributed by atoms with van der Waals surface area (Å²) in [6, 6.07) is 2.87. The topological polar surface area (TPSA) is 81.3 Å². The predicted octanol–water partition coefficient (Wildman–Crippen LogP) is 2.19. The van der Waals surface area contributed by atoms with Crippen molar-refractivity contribution in [2.45, 2.75) is 19.9 Å². The van der Waals surface area contributed by atoms with Crippen molar-refractivity contribution in [3.8, 4) is 0 Å². The van der Waals surface area contributed by atoms with Gasteiger partial charge in [-0.2, -0.15) is 5.10 Å². The van der Waals surface area contributed by atoms with Gasteiger partial charge in [0.1, 0.15) is 29.5 Å². The molecule has 7 nitrogen and oxygen atoms in total. The van der Waals surface area contributed by atoms with Crippen molar-refractivity contribution in [1.82, 2.24) is 19.2 Å². The van der Waals surface area contributed by atoms with Gasteiger partial charge in [-0.25, -0.2) is 14.1 Å². The lowest BCUT2D eigenvalue weighted by Crippen LogP contribution is -2.35. The average Bonchev–Trinajstić information content (AvgIpc) is 3.04. The summed E-state index contributed by atoms with van der Waals surface area (Å²) in [5.74, 6) is -0.715. The summed E-state index contributed by atoms with van der Waals surface area (Å²) in [6.45, 7) is 3.18. The fourth-order valence-electron chi connectivity index (χ4n) is 2.28. The van der Waals surface area contributed by atoms with Crippen LogP contribution in [-0.2, 0) is 4.79 Å². The third kappa shape index (κ3) is 2.76. The highest BCUT2D eigenvalue weighted by atomic mass is 35.5. The number of benzene rings is 1. The monoisotopic (exact) mass is 349 g/mol. The van der Waals surface area contributed by atoms with Crippen LogP contribution >= 0.6 is 11.6 Å². The van der Waals surface area contributed by atoms with Gasteiger partial charge in [-0.3, -0.25) is 14.0 Å². The van der Waals surface area contributed by atoms with Gasteiger partial charge in [0.25, 0.3) is 5.56 Å². The number of nitrogens with one attached hydrogen (secondary N) is 1. The second-order valence-electron chi connectivity index (χ2n) is 5.24. The smallest absolute Gasteiger partial charge is 0.293 e. The maximum Gasteiger partial charge on any atom is 0.293 e. The Labute approximate surface area is 140 Å². The summed E-state index contributed by atoms with van der Waals surface area (Å²) in [6.07, 6.45) is 2.87. The molecule has 2 heterocycles. The molecule has 24 heavy (non-hydrogen) atoms. The molecule has 0 aliphatic heterocycles. The van der Waals surface area contributed by atoms with Crippen LogP contribution in [0.1, 0.15) is 18.8 Å². The largest absolute Gasteiger partial charge is 0.322 e. The first-order chi connectivity index (χ1) is 11.4. The van der Waals surface area contributed by atoms with Gasteiger partial charge >= 0.3 is 0 Å². The van der Waals surface area contributed by atoms with Crippen LogP contribution in [-0.4, -0.2) is 25.1 Å². The third-order valence-electron chi connectivity index (χ3n) is 3.60. The van der Waals surface area contributed by atoms with Gasteiger partial charge in [0.15, 0.2) is 0 Å². The van der Waals surface area contributed by atoms with E-state index in [2.05, 4.69) is 15.4 Å². The lowest BCUT2D eigenvalue weighted by Gasteiger charge is -2.15. The van der Waals surface area contributed by atoms with E-state index in [1.165, 1.54) is 36.0 Å². The first-order valence-corrected chi connectivity index (χ1v) is 7.43. The number of fused-ring (bicyclic) bond motifs is 1. The van der Waals surface area contributed by atoms with E-state index in [1.54, 1.807) is 6.92 Å². The van der Waals surface area contributed by atoms with Crippen molar-refractivity contribution >= 4 is 28.7 Å². The molecule has 0 saturated carbocycles. The average molecular weight is 350 g/mol. The number of carbonyl (C=O) groups excluding carboxylic acids is 1. The van der Waals surface area contributed by atoms with E-state index >= 15 is 0 Å². The molecule has 3 aromatic rings. The first-order valence-electron chi connectivity index (χ1n) is 7.06. The molecule has 0 bridgehead atoms. The van der Waals surface area contributed by atoms with E-state index in [-0.39, 0.29) is 10.7 Å². The Balaban J connectivity index is 1.95. The van der Waals surface area contributed by atoms with Crippen molar-refractivity contribution in [3.63, 3.8) is 0 Å². The van der Waals surface area contributed by atoms with Gasteiger partial charge in [-0.05, 0) is 32.0 Å². The SMILES string of the molecule is Cc1nn(C(C)C(=O)Nc2cc(Cl)ccc2F)c(=O)c2cncn12. The molecular formula is C15H13ClFN5O2. The van der Waals surface area contributed by atoms with Crippen molar-refractivity contribution in [1.29, 1.82) is 0 Å². The lowest BCUT2D eigenvalue weighted by molar-refractivity contribution is -0.119. The van der Waals surface area contributed by atoms with Gasteiger partial charge in [-0.15, -0.1) is 0 Å². The van der Waals surface area contributed by atoms with Gasteiger partial charge in [-0.1, -0.05) is 11.6 Å². The van der Waals surface area contributed by atoms with Gasteiger partial charge in [0, 0.05) is 5.02 Å². The fraction of sp³-hybridized carbons (Fsp3) is 0.200.